The van der Waals surface area contributed by atoms with E-state index in [1.54, 1.807) is 12.1 Å². The van der Waals surface area contributed by atoms with Crippen LogP contribution < -0.4 is 10.9 Å². The Hall–Kier alpha value is -3.62. The molecule has 1 unspecified atom stereocenters. The number of benzene rings is 2. The van der Waals surface area contributed by atoms with Crippen molar-refractivity contribution in [2.75, 3.05) is 0 Å². The van der Waals surface area contributed by atoms with Crippen LogP contribution in [0.3, 0.4) is 0 Å². The number of halogens is 1. The number of fused-ring (bicyclic) bond motifs is 1. The number of aromatic nitrogens is 2. The molecule has 0 aliphatic heterocycles. The molecule has 1 amide bonds. The van der Waals surface area contributed by atoms with Gasteiger partial charge in [0, 0.05) is 9.75 Å². The fourth-order valence-corrected chi connectivity index (χ4v) is 5.41. The van der Waals surface area contributed by atoms with Crippen molar-refractivity contribution in [3.05, 3.63) is 111 Å². The van der Waals surface area contributed by atoms with Gasteiger partial charge in [0.1, 0.15) is 17.2 Å². The molecule has 5 rings (SSSR count). The molecule has 1 atom stereocenters. The zero-order chi connectivity index (χ0) is 22.8. The average Bonchev–Trinajstić information content (AvgIpc) is 3.51. The van der Waals surface area contributed by atoms with Gasteiger partial charge in [0.25, 0.3) is 5.56 Å². The van der Waals surface area contributed by atoms with E-state index in [1.807, 2.05) is 53.9 Å². The molecule has 0 fully saturated rings. The smallest absolute Gasteiger partial charge is 0.262 e. The molecule has 3 aromatic heterocycles. The van der Waals surface area contributed by atoms with Crippen LogP contribution in [-0.2, 0) is 11.3 Å². The highest BCUT2D eigenvalue weighted by atomic mass is 32.1. The van der Waals surface area contributed by atoms with Gasteiger partial charge in [-0.1, -0.05) is 48.5 Å². The summed E-state index contributed by atoms with van der Waals surface area (Å²) in [6.07, 6.45) is 1.41. The first kappa shape index (κ1) is 21.2. The van der Waals surface area contributed by atoms with Gasteiger partial charge in [-0.2, -0.15) is 0 Å². The minimum Gasteiger partial charge on any atom is -0.343 e. The number of hydrogen-bond acceptors (Lipinski definition) is 5. The molecule has 33 heavy (non-hydrogen) atoms. The van der Waals surface area contributed by atoms with Gasteiger partial charge in [-0.05, 0) is 40.8 Å². The Balaban J connectivity index is 1.40. The SMILES string of the molecule is O=C(Cn1cnc2sc(-c3ccccc3)cc2c1=O)NC(c1ccc(F)cc1)c1cccs1. The Kier molecular flexibility index (Phi) is 5.85. The minimum absolute atomic E-state index is 0.165. The summed E-state index contributed by atoms with van der Waals surface area (Å²) < 4.78 is 14.7. The maximum absolute atomic E-state index is 13.4. The molecule has 0 aliphatic rings. The molecule has 164 valence electrons. The van der Waals surface area contributed by atoms with Crippen molar-refractivity contribution in [3.63, 3.8) is 0 Å². The quantitative estimate of drug-likeness (QED) is 0.366. The number of carbonyl (C=O) groups excluding carboxylic acids is 1. The Bertz CT molecular complexity index is 1460. The number of rotatable bonds is 6. The second kappa shape index (κ2) is 9.09. The normalized spacial score (nSPS) is 12.0. The number of nitrogens with one attached hydrogen (secondary N) is 1. The summed E-state index contributed by atoms with van der Waals surface area (Å²) in [6.45, 7) is -0.165. The number of carbonyl (C=O) groups is 1. The maximum Gasteiger partial charge on any atom is 0.262 e. The molecule has 5 nitrogen and oxygen atoms in total. The summed E-state index contributed by atoms with van der Waals surface area (Å²) >= 11 is 2.94. The van der Waals surface area contributed by atoms with Crippen LogP contribution in [0, 0.1) is 5.82 Å². The highest BCUT2D eigenvalue weighted by Crippen LogP contribution is 2.30. The molecule has 0 saturated carbocycles. The van der Waals surface area contributed by atoms with Crippen LogP contribution in [0.1, 0.15) is 16.5 Å². The predicted octanol–water partition coefficient (Wildman–Crippen LogP) is 5.23. The highest BCUT2D eigenvalue weighted by molar-refractivity contribution is 7.21. The summed E-state index contributed by atoms with van der Waals surface area (Å²) in [6, 6.07) is 21.0. The number of amides is 1. The second-order valence-electron chi connectivity index (χ2n) is 7.44. The van der Waals surface area contributed by atoms with Crippen molar-refractivity contribution in [3.8, 4) is 10.4 Å². The summed E-state index contributed by atoms with van der Waals surface area (Å²) in [5.41, 5.74) is 1.52. The third-order valence-electron chi connectivity index (χ3n) is 5.23. The molecule has 0 spiro atoms. The lowest BCUT2D eigenvalue weighted by Crippen LogP contribution is -2.35. The zero-order valence-corrected chi connectivity index (χ0v) is 18.9. The van der Waals surface area contributed by atoms with Gasteiger partial charge in [0.15, 0.2) is 0 Å². The molecule has 5 aromatic rings. The van der Waals surface area contributed by atoms with Crippen LogP contribution in [0.25, 0.3) is 20.7 Å². The molecule has 1 N–H and O–H groups in total. The van der Waals surface area contributed by atoms with E-state index >= 15 is 0 Å². The van der Waals surface area contributed by atoms with Crippen molar-refractivity contribution < 1.29 is 9.18 Å². The summed E-state index contributed by atoms with van der Waals surface area (Å²) in [5, 5.41) is 5.38. The topological polar surface area (TPSA) is 64.0 Å². The number of thiophene rings is 2. The molecular formula is C25H18FN3O2S2. The van der Waals surface area contributed by atoms with Crippen LogP contribution in [0.15, 0.2) is 89.3 Å². The Labute approximate surface area is 196 Å². The second-order valence-corrected chi connectivity index (χ2v) is 9.45. The fourth-order valence-electron chi connectivity index (χ4n) is 3.61. The third-order valence-corrected chi connectivity index (χ3v) is 7.26. The number of nitrogens with zero attached hydrogens (tertiary/aromatic N) is 2. The Morgan fingerprint density at radius 3 is 2.58 bits per heavy atom. The Morgan fingerprint density at radius 1 is 1.06 bits per heavy atom. The lowest BCUT2D eigenvalue weighted by Gasteiger charge is -2.18. The van der Waals surface area contributed by atoms with Gasteiger partial charge < -0.3 is 5.32 Å². The number of hydrogen-bond donors (Lipinski definition) is 1. The molecular weight excluding hydrogens is 457 g/mol. The van der Waals surface area contributed by atoms with Gasteiger partial charge in [-0.25, -0.2) is 9.37 Å². The van der Waals surface area contributed by atoms with Gasteiger partial charge in [-0.15, -0.1) is 22.7 Å². The van der Waals surface area contributed by atoms with Gasteiger partial charge >= 0.3 is 0 Å². The van der Waals surface area contributed by atoms with E-state index in [0.29, 0.717) is 10.2 Å². The van der Waals surface area contributed by atoms with Crippen LogP contribution in [-0.4, -0.2) is 15.5 Å². The standard InChI is InChI=1S/C25H18FN3O2S2/c26-18-10-8-17(9-11-18)23(20-7-4-12-32-20)28-22(30)14-29-15-27-24-19(25(29)31)13-21(33-24)16-5-2-1-3-6-16/h1-13,15,23H,14H2,(H,28,30). The summed E-state index contributed by atoms with van der Waals surface area (Å²) in [7, 11) is 0. The minimum atomic E-state index is -0.434. The van der Waals surface area contributed by atoms with Crippen molar-refractivity contribution in [2.24, 2.45) is 0 Å². The zero-order valence-electron chi connectivity index (χ0n) is 17.3. The molecule has 3 heterocycles. The van der Waals surface area contributed by atoms with Crippen molar-refractivity contribution in [1.29, 1.82) is 0 Å². The third kappa shape index (κ3) is 4.48. The molecule has 0 saturated heterocycles. The first-order chi connectivity index (χ1) is 16.1. The predicted molar refractivity (Wildman–Crippen MR) is 130 cm³/mol. The Morgan fingerprint density at radius 2 is 1.85 bits per heavy atom. The molecule has 2 aromatic carbocycles. The first-order valence-corrected chi connectivity index (χ1v) is 11.9. The van der Waals surface area contributed by atoms with Gasteiger partial charge in [-0.3, -0.25) is 14.2 Å². The van der Waals surface area contributed by atoms with E-state index in [-0.39, 0.29) is 23.8 Å². The van der Waals surface area contributed by atoms with Crippen molar-refractivity contribution >= 4 is 38.8 Å². The summed E-state index contributed by atoms with van der Waals surface area (Å²) in [4.78, 5) is 32.9. The van der Waals surface area contributed by atoms with E-state index in [2.05, 4.69) is 10.3 Å². The van der Waals surface area contributed by atoms with Crippen LogP contribution in [0.4, 0.5) is 4.39 Å². The van der Waals surface area contributed by atoms with Crippen molar-refractivity contribution in [2.45, 2.75) is 12.6 Å². The lowest BCUT2D eigenvalue weighted by molar-refractivity contribution is -0.122. The summed E-state index contributed by atoms with van der Waals surface area (Å²) in [5.74, 6) is -0.675. The van der Waals surface area contributed by atoms with E-state index in [4.69, 9.17) is 0 Å². The van der Waals surface area contributed by atoms with Crippen LogP contribution in [0.2, 0.25) is 0 Å². The van der Waals surface area contributed by atoms with E-state index in [0.717, 1.165) is 20.9 Å². The van der Waals surface area contributed by atoms with E-state index < -0.39 is 6.04 Å². The van der Waals surface area contributed by atoms with Gasteiger partial charge in [0.2, 0.25) is 5.91 Å². The van der Waals surface area contributed by atoms with E-state index in [1.165, 1.54) is 45.7 Å². The molecule has 0 aliphatic carbocycles. The first-order valence-electron chi connectivity index (χ1n) is 10.2. The largest absolute Gasteiger partial charge is 0.343 e. The van der Waals surface area contributed by atoms with Crippen LogP contribution >= 0.6 is 22.7 Å². The lowest BCUT2D eigenvalue weighted by atomic mass is 10.1. The average molecular weight is 476 g/mol. The molecule has 8 heteroatoms. The monoisotopic (exact) mass is 475 g/mol. The fraction of sp³-hybridized carbons (Fsp3) is 0.0800. The van der Waals surface area contributed by atoms with E-state index in [9.17, 15) is 14.0 Å². The highest BCUT2D eigenvalue weighted by Gasteiger charge is 2.19. The maximum atomic E-state index is 13.4. The molecule has 0 bridgehead atoms. The van der Waals surface area contributed by atoms with Gasteiger partial charge in [0.05, 0.1) is 17.8 Å². The van der Waals surface area contributed by atoms with Crippen molar-refractivity contribution in [1.82, 2.24) is 14.9 Å². The van der Waals surface area contributed by atoms with Crippen LogP contribution in [0.5, 0.6) is 0 Å². The molecule has 0 radical (unpaired) electrons.